The molecule has 3 heteroatoms. The van der Waals surface area contributed by atoms with Gasteiger partial charge in [-0.25, -0.2) is 0 Å². The molecule has 0 aliphatic carbocycles. The number of rotatable bonds is 5. The van der Waals surface area contributed by atoms with Crippen molar-refractivity contribution >= 4 is 0 Å². The van der Waals surface area contributed by atoms with Gasteiger partial charge in [-0.15, -0.1) is 0 Å². The summed E-state index contributed by atoms with van der Waals surface area (Å²) < 4.78 is 5.88. The first-order chi connectivity index (χ1) is 7.22. The van der Waals surface area contributed by atoms with Crippen LogP contribution in [0.4, 0.5) is 0 Å². The molecule has 2 unspecified atom stereocenters. The Hall–Kier alpha value is -0.120. The van der Waals surface area contributed by atoms with Crippen molar-refractivity contribution in [3.63, 3.8) is 0 Å². The van der Waals surface area contributed by atoms with E-state index in [4.69, 9.17) is 4.74 Å². The van der Waals surface area contributed by atoms with Crippen LogP contribution in [-0.4, -0.2) is 50.8 Å². The van der Waals surface area contributed by atoms with Crippen LogP contribution in [0, 0.1) is 5.92 Å². The molecule has 1 N–H and O–H groups in total. The summed E-state index contributed by atoms with van der Waals surface area (Å²) in [6, 6.07) is 0.503. The number of likely N-dealkylation sites (N-methyl/N-ethyl adjacent to an activating group) is 2. The van der Waals surface area contributed by atoms with E-state index >= 15 is 0 Å². The highest BCUT2D eigenvalue weighted by Crippen LogP contribution is 2.19. The van der Waals surface area contributed by atoms with Crippen LogP contribution in [0.2, 0.25) is 0 Å². The first-order valence-corrected chi connectivity index (χ1v) is 6.20. The minimum absolute atomic E-state index is 0.360. The van der Waals surface area contributed by atoms with Crippen molar-refractivity contribution in [2.24, 2.45) is 5.92 Å². The molecule has 2 atom stereocenters. The van der Waals surface area contributed by atoms with Gasteiger partial charge in [-0.2, -0.15) is 0 Å². The molecule has 0 amide bonds. The maximum atomic E-state index is 5.88. The topological polar surface area (TPSA) is 24.5 Å². The summed E-state index contributed by atoms with van der Waals surface area (Å²) in [5.74, 6) is 0.728. The molecule has 0 spiro atoms. The van der Waals surface area contributed by atoms with Crippen LogP contribution < -0.4 is 5.32 Å². The summed E-state index contributed by atoms with van der Waals surface area (Å²) in [5, 5.41) is 3.44. The third-order valence-corrected chi connectivity index (χ3v) is 3.59. The fourth-order valence-corrected chi connectivity index (χ4v) is 2.55. The van der Waals surface area contributed by atoms with Gasteiger partial charge in [-0.1, -0.05) is 26.7 Å². The van der Waals surface area contributed by atoms with Gasteiger partial charge in [-0.05, 0) is 20.0 Å². The van der Waals surface area contributed by atoms with Crippen LogP contribution in [0.1, 0.15) is 26.7 Å². The monoisotopic (exact) mass is 214 g/mol. The molecule has 1 aliphatic rings. The predicted molar refractivity (Wildman–Crippen MR) is 64.2 cm³/mol. The van der Waals surface area contributed by atoms with E-state index < -0.39 is 0 Å². The molecule has 0 aromatic carbocycles. The predicted octanol–water partition coefficient (Wildman–Crippen LogP) is 1.34. The SMILES string of the molecule is CCC(CC)C(NC)C1CN(C)CCO1. The summed E-state index contributed by atoms with van der Waals surface area (Å²) >= 11 is 0. The van der Waals surface area contributed by atoms with Gasteiger partial charge < -0.3 is 15.0 Å². The van der Waals surface area contributed by atoms with Crippen LogP contribution in [0.3, 0.4) is 0 Å². The maximum Gasteiger partial charge on any atom is 0.0857 e. The van der Waals surface area contributed by atoms with Crippen LogP contribution in [0.15, 0.2) is 0 Å². The molecule has 3 nitrogen and oxygen atoms in total. The van der Waals surface area contributed by atoms with E-state index in [0.29, 0.717) is 12.1 Å². The Bertz CT molecular complexity index is 171. The van der Waals surface area contributed by atoms with Gasteiger partial charge in [-0.3, -0.25) is 0 Å². The normalized spacial score (nSPS) is 25.8. The van der Waals surface area contributed by atoms with E-state index in [2.05, 4.69) is 38.2 Å². The molecule has 1 saturated heterocycles. The van der Waals surface area contributed by atoms with Crippen molar-refractivity contribution in [2.75, 3.05) is 33.8 Å². The van der Waals surface area contributed by atoms with E-state index in [1.165, 1.54) is 12.8 Å². The molecule has 15 heavy (non-hydrogen) atoms. The second kappa shape index (κ2) is 6.46. The highest BCUT2D eigenvalue weighted by Gasteiger charge is 2.29. The van der Waals surface area contributed by atoms with E-state index in [-0.39, 0.29) is 0 Å². The van der Waals surface area contributed by atoms with Crippen LogP contribution in [0.5, 0.6) is 0 Å². The van der Waals surface area contributed by atoms with E-state index in [0.717, 1.165) is 25.6 Å². The van der Waals surface area contributed by atoms with Gasteiger partial charge in [0.2, 0.25) is 0 Å². The van der Waals surface area contributed by atoms with Crippen molar-refractivity contribution in [1.82, 2.24) is 10.2 Å². The number of morpholine rings is 1. The fraction of sp³-hybridized carbons (Fsp3) is 1.00. The lowest BCUT2D eigenvalue weighted by Gasteiger charge is -2.38. The molecule has 1 aliphatic heterocycles. The maximum absolute atomic E-state index is 5.88. The zero-order valence-electron chi connectivity index (χ0n) is 10.6. The van der Waals surface area contributed by atoms with Gasteiger partial charge in [0, 0.05) is 19.1 Å². The second-order valence-electron chi connectivity index (χ2n) is 4.56. The van der Waals surface area contributed by atoms with Gasteiger partial charge in [0.25, 0.3) is 0 Å². The molecular formula is C12H26N2O. The zero-order valence-corrected chi connectivity index (χ0v) is 10.6. The fourth-order valence-electron chi connectivity index (χ4n) is 2.55. The summed E-state index contributed by atoms with van der Waals surface area (Å²) in [6.07, 6.45) is 2.82. The molecule has 0 saturated carbocycles. The van der Waals surface area contributed by atoms with Crippen molar-refractivity contribution in [2.45, 2.75) is 38.8 Å². The number of ether oxygens (including phenoxy) is 1. The van der Waals surface area contributed by atoms with Crippen molar-refractivity contribution in [3.8, 4) is 0 Å². The molecule has 90 valence electrons. The van der Waals surface area contributed by atoms with Crippen molar-refractivity contribution < 1.29 is 4.74 Å². The summed E-state index contributed by atoms with van der Waals surface area (Å²) in [4.78, 5) is 2.36. The first kappa shape index (κ1) is 12.9. The lowest BCUT2D eigenvalue weighted by Crippen LogP contribution is -2.53. The quantitative estimate of drug-likeness (QED) is 0.747. The number of hydrogen-bond donors (Lipinski definition) is 1. The van der Waals surface area contributed by atoms with Crippen molar-refractivity contribution in [3.05, 3.63) is 0 Å². The Morgan fingerprint density at radius 3 is 2.53 bits per heavy atom. The first-order valence-electron chi connectivity index (χ1n) is 6.20. The zero-order chi connectivity index (χ0) is 11.3. The van der Waals surface area contributed by atoms with Gasteiger partial charge in [0.05, 0.1) is 12.7 Å². The lowest BCUT2D eigenvalue weighted by atomic mass is 9.89. The van der Waals surface area contributed by atoms with Gasteiger partial charge >= 0.3 is 0 Å². The Kier molecular flexibility index (Phi) is 5.58. The second-order valence-corrected chi connectivity index (χ2v) is 4.56. The Morgan fingerprint density at radius 1 is 1.40 bits per heavy atom. The lowest BCUT2D eigenvalue weighted by molar-refractivity contribution is -0.0486. The molecular weight excluding hydrogens is 188 g/mol. The molecule has 1 fully saturated rings. The minimum atomic E-state index is 0.360. The highest BCUT2D eigenvalue weighted by molar-refractivity contribution is 4.85. The van der Waals surface area contributed by atoms with Gasteiger partial charge in [0.15, 0.2) is 0 Å². The standard InChI is InChI=1S/C12H26N2O/c1-5-10(6-2)12(13-3)11-9-14(4)7-8-15-11/h10-13H,5-9H2,1-4H3. The number of nitrogens with one attached hydrogen (secondary N) is 1. The highest BCUT2D eigenvalue weighted by atomic mass is 16.5. The molecule has 1 heterocycles. The van der Waals surface area contributed by atoms with E-state index in [1.807, 2.05) is 0 Å². The third kappa shape index (κ3) is 3.44. The average Bonchev–Trinajstić information content (AvgIpc) is 2.25. The average molecular weight is 214 g/mol. The third-order valence-electron chi connectivity index (χ3n) is 3.59. The van der Waals surface area contributed by atoms with Gasteiger partial charge in [0.1, 0.15) is 0 Å². The number of nitrogens with zero attached hydrogens (tertiary/aromatic N) is 1. The largest absolute Gasteiger partial charge is 0.374 e. The Morgan fingerprint density at radius 2 is 2.07 bits per heavy atom. The summed E-state index contributed by atoms with van der Waals surface area (Å²) in [5.41, 5.74) is 0. The molecule has 0 radical (unpaired) electrons. The minimum Gasteiger partial charge on any atom is -0.374 e. The molecule has 0 aromatic rings. The Balaban J connectivity index is 2.55. The number of hydrogen-bond acceptors (Lipinski definition) is 3. The molecule has 1 rings (SSSR count). The van der Waals surface area contributed by atoms with E-state index in [1.54, 1.807) is 0 Å². The molecule has 0 bridgehead atoms. The Labute approximate surface area is 94.2 Å². The van der Waals surface area contributed by atoms with Crippen LogP contribution in [-0.2, 0) is 4.74 Å². The molecule has 0 aromatic heterocycles. The summed E-state index contributed by atoms with van der Waals surface area (Å²) in [7, 11) is 4.23. The summed E-state index contributed by atoms with van der Waals surface area (Å²) in [6.45, 7) is 7.54. The van der Waals surface area contributed by atoms with Crippen molar-refractivity contribution in [1.29, 1.82) is 0 Å². The van der Waals surface area contributed by atoms with Crippen LogP contribution >= 0.6 is 0 Å². The van der Waals surface area contributed by atoms with Crippen LogP contribution in [0.25, 0.3) is 0 Å². The van der Waals surface area contributed by atoms with E-state index in [9.17, 15) is 0 Å². The smallest absolute Gasteiger partial charge is 0.0857 e.